The lowest BCUT2D eigenvalue weighted by atomic mass is 10.00. The number of rotatable bonds is 13. The molecule has 4 aromatic rings. The van der Waals surface area contributed by atoms with E-state index < -0.39 is 11.9 Å². The van der Waals surface area contributed by atoms with Crippen LogP contribution >= 0.6 is 0 Å². The topological polar surface area (TPSA) is 110 Å². The predicted molar refractivity (Wildman–Crippen MR) is 165 cm³/mol. The van der Waals surface area contributed by atoms with Crippen LogP contribution in [0.5, 0.6) is 0 Å². The van der Waals surface area contributed by atoms with Crippen LogP contribution in [-0.2, 0) is 14.3 Å². The van der Waals surface area contributed by atoms with Gasteiger partial charge in [-0.05, 0) is 62.9 Å². The maximum atomic E-state index is 12.5. The third kappa shape index (κ3) is 7.97. The van der Waals surface area contributed by atoms with Crippen molar-refractivity contribution in [2.24, 2.45) is 0 Å². The SMILES string of the molecule is CCOC(=O)CNC(=O)c1nc2ccc(NCCCN3CCC(OC(c4ccccc4)c4ccccc4)CC3)nn2c1C. The van der Waals surface area contributed by atoms with E-state index in [-0.39, 0.29) is 31.1 Å². The number of hydrogen-bond donors (Lipinski definition) is 2. The van der Waals surface area contributed by atoms with Crippen molar-refractivity contribution >= 4 is 23.3 Å². The van der Waals surface area contributed by atoms with Crippen molar-refractivity contribution in [1.29, 1.82) is 0 Å². The van der Waals surface area contributed by atoms with E-state index in [9.17, 15) is 9.59 Å². The lowest BCUT2D eigenvalue weighted by Crippen LogP contribution is -2.38. The molecule has 2 N–H and O–H groups in total. The molecule has 0 spiro atoms. The summed E-state index contributed by atoms with van der Waals surface area (Å²) in [6.07, 6.45) is 3.18. The second-order valence-electron chi connectivity index (χ2n) is 10.7. The molecule has 0 unspecified atom stereocenters. The fraction of sp³-hybridized carbons (Fsp3) is 0.394. The third-order valence-electron chi connectivity index (χ3n) is 7.64. The molecule has 0 bridgehead atoms. The number of nitrogens with zero attached hydrogens (tertiary/aromatic N) is 4. The zero-order valence-corrected chi connectivity index (χ0v) is 24.9. The van der Waals surface area contributed by atoms with Crippen LogP contribution in [0.15, 0.2) is 72.8 Å². The average Bonchev–Trinajstić information content (AvgIpc) is 3.38. The second-order valence-corrected chi connectivity index (χ2v) is 10.7. The Labute approximate surface area is 252 Å². The van der Waals surface area contributed by atoms with Crippen LogP contribution in [0, 0.1) is 6.92 Å². The van der Waals surface area contributed by atoms with Gasteiger partial charge in [-0.2, -0.15) is 0 Å². The van der Waals surface area contributed by atoms with Crippen LogP contribution in [0.4, 0.5) is 5.82 Å². The number of carbonyl (C=O) groups is 2. The Hall–Kier alpha value is -4.28. The lowest BCUT2D eigenvalue weighted by Gasteiger charge is -2.34. The monoisotopic (exact) mass is 584 g/mol. The quantitative estimate of drug-likeness (QED) is 0.176. The molecule has 1 fully saturated rings. The van der Waals surface area contributed by atoms with Gasteiger partial charge in [0, 0.05) is 19.6 Å². The number of anilines is 1. The van der Waals surface area contributed by atoms with Crippen LogP contribution in [0.2, 0.25) is 0 Å². The van der Waals surface area contributed by atoms with Crippen molar-refractivity contribution in [3.05, 3.63) is 95.3 Å². The fourth-order valence-corrected chi connectivity index (χ4v) is 5.39. The van der Waals surface area contributed by atoms with Gasteiger partial charge in [-0.3, -0.25) is 9.59 Å². The Balaban J connectivity index is 1.07. The Morgan fingerprint density at radius 2 is 1.65 bits per heavy atom. The van der Waals surface area contributed by atoms with Gasteiger partial charge in [0.15, 0.2) is 11.3 Å². The number of imidazole rings is 1. The molecule has 3 heterocycles. The highest BCUT2D eigenvalue weighted by Gasteiger charge is 2.24. The van der Waals surface area contributed by atoms with Crippen molar-refractivity contribution in [2.75, 3.05) is 44.6 Å². The van der Waals surface area contributed by atoms with Gasteiger partial charge in [0.1, 0.15) is 18.5 Å². The van der Waals surface area contributed by atoms with Gasteiger partial charge in [0.05, 0.1) is 18.4 Å². The molecule has 1 aliphatic rings. The molecule has 1 amide bonds. The van der Waals surface area contributed by atoms with Gasteiger partial charge in [0.2, 0.25) is 0 Å². The number of benzene rings is 2. The predicted octanol–water partition coefficient (Wildman–Crippen LogP) is 4.40. The molecule has 0 radical (unpaired) electrons. The van der Waals surface area contributed by atoms with E-state index in [0.29, 0.717) is 17.2 Å². The summed E-state index contributed by atoms with van der Waals surface area (Å²) in [5, 5.41) is 10.6. The molecule has 2 aromatic carbocycles. The van der Waals surface area contributed by atoms with Crippen LogP contribution in [0.25, 0.3) is 5.65 Å². The van der Waals surface area contributed by atoms with Gasteiger partial charge >= 0.3 is 5.97 Å². The van der Waals surface area contributed by atoms with Gasteiger partial charge < -0.3 is 25.0 Å². The first-order valence-corrected chi connectivity index (χ1v) is 15.0. The number of ether oxygens (including phenoxy) is 2. The maximum absolute atomic E-state index is 12.5. The molecule has 0 aliphatic carbocycles. The summed E-state index contributed by atoms with van der Waals surface area (Å²) in [4.78, 5) is 31.0. The molecule has 0 saturated carbocycles. The number of aromatic nitrogens is 3. The normalized spacial score (nSPS) is 14.2. The molecule has 1 aliphatic heterocycles. The van der Waals surface area contributed by atoms with E-state index in [0.717, 1.165) is 45.4 Å². The summed E-state index contributed by atoms with van der Waals surface area (Å²) in [5.41, 5.74) is 3.78. The summed E-state index contributed by atoms with van der Waals surface area (Å²) < 4.78 is 13.2. The molecule has 43 heavy (non-hydrogen) atoms. The summed E-state index contributed by atoms with van der Waals surface area (Å²) in [5.74, 6) is -0.207. The summed E-state index contributed by atoms with van der Waals surface area (Å²) >= 11 is 0. The Morgan fingerprint density at radius 3 is 2.30 bits per heavy atom. The largest absolute Gasteiger partial charge is 0.465 e. The summed E-state index contributed by atoms with van der Waals surface area (Å²) in [6.45, 7) is 7.37. The highest BCUT2D eigenvalue weighted by Crippen LogP contribution is 2.30. The average molecular weight is 585 g/mol. The highest BCUT2D eigenvalue weighted by atomic mass is 16.5. The van der Waals surface area contributed by atoms with Crippen molar-refractivity contribution in [1.82, 2.24) is 24.8 Å². The summed E-state index contributed by atoms with van der Waals surface area (Å²) in [6, 6.07) is 24.6. The number of esters is 1. The molecule has 1 saturated heterocycles. The van der Waals surface area contributed by atoms with E-state index in [1.165, 1.54) is 11.1 Å². The van der Waals surface area contributed by atoms with Crippen molar-refractivity contribution < 1.29 is 19.1 Å². The minimum absolute atomic E-state index is 0.0535. The zero-order valence-electron chi connectivity index (χ0n) is 24.9. The number of hydrogen-bond acceptors (Lipinski definition) is 8. The van der Waals surface area contributed by atoms with Crippen LogP contribution in [0.1, 0.15) is 59.6 Å². The Bertz CT molecular complexity index is 1450. The number of nitrogens with one attached hydrogen (secondary N) is 2. The Kier molecular flexibility index (Phi) is 10.4. The number of aryl methyl sites for hydroxylation is 1. The molecule has 10 nitrogen and oxygen atoms in total. The molecular weight excluding hydrogens is 544 g/mol. The van der Waals surface area contributed by atoms with Crippen molar-refractivity contribution in [3.63, 3.8) is 0 Å². The molecule has 2 aromatic heterocycles. The summed E-state index contributed by atoms with van der Waals surface area (Å²) in [7, 11) is 0. The molecule has 10 heteroatoms. The van der Waals surface area contributed by atoms with Gasteiger partial charge in [0.25, 0.3) is 5.91 Å². The smallest absolute Gasteiger partial charge is 0.325 e. The van der Waals surface area contributed by atoms with Gasteiger partial charge in [-0.25, -0.2) is 9.50 Å². The van der Waals surface area contributed by atoms with E-state index in [1.807, 2.05) is 24.3 Å². The van der Waals surface area contributed by atoms with E-state index in [1.54, 1.807) is 18.4 Å². The highest BCUT2D eigenvalue weighted by molar-refractivity contribution is 5.96. The van der Waals surface area contributed by atoms with Gasteiger partial charge in [-0.1, -0.05) is 60.7 Å². The first-order valence-electron chi connectivity index (χ1n) is 15.0. The number of piperidine rings is 1. The molecule has 226 valence electrons. The van der Waals surface area contributed by atoms with Crippen LogP contribution in [0.3, 0.4) is 0 Å². The number of carbonyl (C=O) groups excluding carboxylic acids is 2. The van der Waals surface area contributed by atoms with Crippen LogP contribution in [-0.4, -0.2) is 76.8 Å². The van der Waals surface area contributed by atoms with E-state index >= 15 is 0 Å². The number of likely N-dealkylation sites (tertiary alicyclic amines) is 1. The lowest BCUT2D eigenvalue weighted by molar-refractivity contribution is -0.141. The van der Waals surface area contributed by atoms with Gasteiger partial charge in [-0.15, -0.1) is 5.10 Å². The standard InChI is InChI=1S/C33H40N6O4/c1-3-42-30(40)23-35-33(41)31-24(2)39-29(36-31)16-15-28(37-39)34-19-10-20-38-21-17-27(18-22-38)43-32(25-11-6-4-7-12-25)26-13-8-5-9-14-26/h4-9,11-16,27,32H,3,10,17-23H2,1-2H3,(H,34,37)(H,35,41). The Morgan fingerprint density at radius 1 is 0.977 bits per heavy atom. The molecular formula is C33H40N6O4. The third-order valence-corrected chi connectivity index (χ3v) is 7.64. The molecule has 0 atom stereocenters. The minimum atomic E-state index is -0.487. The molecule has 5 rings (SSSR count). The van der Waals surface area contributed by atoms with E-state index in [2.05, 4.69) is 74.1 Å². The van der Waals surface area contributed by atoms with Crippen molar-refractivity contribution in [3.8, 4) is 0 Å². The first-order chi connectivity index (χ1) is 21.0. The first kappa shape index (κ1) is 30.2. The number of fused-ring (bicyclic) bond motifs is 1. The van der Waals surface area contributed by atoms with Crippen LogP contribution < -0.4 is 10.6 Å². The zero-order chi connectivity index (χ0) is 30.0. The van der Waals surface area contributed by atoms with E-state index in [4.69, 9.17) is 9.47 Å². The fourth-order valence-electron chi connectivity index (χ4n) is 5.39. The number of amides is 1. The maximum Gasteiger partial charge on any atom is 0.325 e. The minimum Gasteiger partial charge on any atom is -0.465 e. The van der Waals surface area contributed by atoms with Crippen molar-refractivity contribution in [2.45, 2.75) is 45.3 Å². The second kappa shape index (κ2) is 14.8.